The molecule has 0 bridgehead atoms. The lowest BCUT2D eigenvalue weighted by Gasteiger charge is -2.30. The van der Waals surface area contributed by atoms with E-state index in [1.54, 1.807) is 19.2 Å². The van der Waals surface area contributed by atoms with E-state index in [-0.39, 0.29) is 24.8 Å². The van der Waals surface area contributed by atoms with E-state index >= 15 is 0 Å². The van der Waals surface area contributed by atoms with E-state index in [4.69, 9.17) is 9.47 Å². The number of ether oxygens (including phenoxy) is 2. The van der Waals surface area contributed by atoms with E-state index in [0.717, 1.165) is 18.4 Å². The lowest BCUT2D eigenvalue weighted by Crippen LogP contribution is -2.50. The van der Waals surface area contributed by atoms with Crippen molar-refractivity contribution in [2.24, 2.45) is 0 Å². The topological polar surface area (TPSA) is 67.9 Å². The van der Waals surface area contributed by atoms with Crippen molar-refractivity contribution in [1.29, 1.82) is 0 Å². The molecular formula is C24H31FN2O4. The molecule has 0 spiro atoms. The average molecular weight is 431 g/mol. The molecule has 0 saturated carbocycles. The Labute approximate surface area is 183 Å². The monoisotopic (exact) mass is 430 g/mol. The Bertz CT molecular complexity index is 859. The number of rotatable bonds is 12. The Kier molecular flexibility index (Phi) is 9.81. The summed E-state index contributed by atoms with van der Waals surface area (Å²) < 4.78 is 24.5. The number of unbranched alkanes of at least 4 members (excludes halogenated alkanes) is 1. The van der Waals surface area contributed by atoms with Gasteiger partial charge >= 0.3 is 0 Å². The smallest absolute Gasteiger partial charge is 0.261 e. The van der Waals surface area contributed by atoms with Crippen LogP contribution >= 0.6 is 0 Å². The van der Waals surface area contributed by atoms with Crippen LogP contribution in [0.25, 0.3) is 0 Å². The summed E-state index contributed by atoms with van der Waals surface area (Å²) >= 11 is 0. The first-order valence-corrected chi connectivity index (χ1v) is 10.6. The van der Waals surface area contributed by atoms with Gasteiger partial charge in [-0.15, -0.1) is 0 Å². The van der Waals surface area contributed by atoms with E-state index in [9.17, 15) is 14.0 Å². The highest BCUT2D eigenvalue weighted by Gasteiger charge is 2.29. The molecule has 0 aliphatic heterocycles. The van der Waals surface area contributed by atoms with Gasteiger partial charge in [0.2, 0.25) is 5.91 Å². The van der Waals surface area contributed by atoms with Crippen LogP contribution in [0.5, 0.6) is 11.5 Å². The molecule has 0 fully saturated rings. The highest BCUT2D eigenvalue weighted by atomic mass is 19.1. The maximum absolute atomic E-state index is 13.9. The van der Waals surface area contributed by atoms with Gasteiger partial charge in [0.1, 0.15) is 11.8 Å². The lowest BCUT2D eigenvalue weighted by molar-refractivity contribution is -0.143. The molecule has 7 heteroatoms. The Morgan fingerprint density at radius 1 is 1.13 bits per heavy atom. The molecule has 1 atom stereocenters. The van der Waals surface area contributed by atoms with Gasteiger partial charge in [0.05, 0.1) is 7.11 Å². The minimum Gasteiger partial charge on any atom is -0.497 e. The summed E-state index contributed by atoms with van der Waals surface area (Å²) in [7, 11) is 1.57. The van der Waals surface area contributed by atoms with Gasteiger partial charge < -0.3 is 19.7 Å². The van der Waals surface area contributed by atoms with Gasteiger partial charge in [0.15, 0.2) is 18.2 Å². The molecule has 168 valence electrons. The maximum Gasteiger partial charge on any atom is 0.261 e. The van der Waals surface area contributed by atoms with Crippen molar-refractivity contribution in [3.8, 4) is 11.5 Å². The predicted molar refractivity (Wildman–Crippen MR) is 117 cm³/mol. The number of nitrogens with zero attached hydrogens (tertiary/aromatic N) is 1. The standard InChI is InChI=1S/C24H31FN2O4/c1-4-6-14-26-24(29)21(5-2)27(16-18-10-9-11-19(15-18)30-3)23(28)17-31-22-13-8-7-12-20(22)25/h7-13,15,21H,4-6,14,16-17H2,1-3H3,(H,26,29). The number of methoxy groups -OCH3 is 1. The molecule has 1 unspecified atom stereocenters. The molecule has 31 heavy (non-hydrogen) atoms. The fourth-order valence-corrected chi connectivity index (χ4v) is 3.18. The Morgan fingerprint density at radius 3 is 2.58 bits per heavy atom. The quantitative estimate of drug-likeness (QED) is 0.518. The van der Waals surface area contributed by atoms with Crippen LogP contribution in [0, 0.1) is 5.82 Å². The maximum atomic E-state index is 13.9. The third-order valence-corrected chi connectivity index (χ3v) is 4.89. The second-order valence-corrected chi connectivity index (χ2v) is 7.16. The molecule has 0 aliphatic carbocycles. The summed E-state index contributed by atoms with van der Waals surface area (Å²) in [4.78, 5) is 27.4. The van der Waals surface area contributed by atoms with Crippen LogP contribution in [0.4, 0.5) is 4.39 Å². The molecule has 0 heterocycles. The molecule has 2 amide bonds. The van der Waals surface area contributed by atoms with Crippen LogP contribution in [0.1, 0.15) is 38.7 Å². The van der Waals surface area contributed by atoms with Gasteiger partial charge in [-0.3, -0.25) is 9.59 Å². The largest absolute Gasteiger partial charge is 0.497 e. The number of hydrogen-bond donors (Lipinski definition) is 1. The molecule has 6 nitrogen and oxygen atoms in total. The van der Waals surface area contributed by atoms with Crippen molar-refractivity contribution in [3.05, 3.63) is 59.9 Å². The number of para-hydroxylation sites is 1. The van der Waals surface area contributed by atoms with Crippen molar-refractivity contribution in [3.63, 3.8) is 0 Å². The molecule has 0 aliphatic rings. The van der Waals surface area contributed by atoms with Gasteiger partial charge in [-0.25, -0.2) is 4.39 Å². The van der Waals surface area contributed by atoms with Crippen LogP contribution in [-0.4, -0.2) is 43.0 Å². The average Bonchev–Trinajstić information content (AvgIpc) is 2.78. The number of amides is 2. The van der Waals surface area contributed by atoms with E-state index in [1.807, 2.05) is 38.1 Å². The van der Waals surface area contributed by atoms with Gasteiger partial charge in [-0.1, -0.05) is 44.5 Å². The van der Waals surface area contributed by atoms with Crippen molar-refractivity contribution >= 4 is 11.8 Å². The van der Waals surface area contributed by atoms with Crippen LogP contribution in [-0.2, 0) is 16.1 Å². The fourth-order valence-electron chi connectivity index (χ4n) is 3.18. The summed E-state index contributed by atoms with van der Waals surface area (Å²) in [5, 5.41) is 2.90. The molecular weight excluding hydrogens is 399 g/mol. The van der Waals surface area contributed by atoms with Gasteiger partial charge in [-0.2, -0.15) is 0 Å². The lowest BCUT2D eigenvalue weighted by atomic mass is 10.1. The van der Waals surface area contributed by atoms with E-state index < -0.39 is 17.8 Å². The summed E-state index contributed by atoms with van der Waals surface area (Å²) in [5.74, 6) is -0.494. The number of carbonyl (C=O) groups is 2. The number of hydrogen-bond acceptors (Lipinski definition) is 4. The van der Waals surface area contributed by atoms with Gasteiger partial charge in [0, 0.05) is 13.1 Å². The Hall–Kier alpha value is -3.09. The number of nitrogens with one attached hydrogen (secondary N) is 1. The Balaban J connectivity index is 2.21. The highest BCUT2D eigenvalue weighted by Crippen LogP contribution is 2.19. The molecule has 0 aromatic heterocycles. The van der Waals surface area contributed by atoms with Crippen LogP contribution in [0.3, 0.4) is 0 Å². The second-order valence-electron chi connectivity index (χ2n) is 7.16. The minimum absolute atomic E-state index is 0.00220. The molecule has 0 saturated heterocycles. The summed E-state index contributed by atoms with van der Waals surface area (Å²) in [6.45, 7) is 4.29. The number of carbonyl (C=O) groups excluding carboxylic acids is 2. The summed E-state index contributed by atoms with van der Waals surface area (Å²) in [5.41, 5.74) is 0.818. The zero-order valence-corrected chi connectivity index (χ0v) is 18.4. The molecule has 0 radical (unpaired) electrons. The van der Waals surface area contributed by atoms with Crippen LogP contribution < -0.4 is 14.8 Å². The summed E-state index contributed by atoms with van der Waals surface area (Å²) in [6.07, 6.45) is 2.26. The first-order chi connectivity index (χ1) is 15.0. The Morgan fingerprint density at radius 2 is 1.90 bits per heavy atom. The van der Waals surface area contributed by atoms with E-state index in [2.05, 4.69) is 5.32 Å². The van der Waals surface area contributed by atoms with E-state index in [1.165, 1.54) is 17.0 Å². The summed E-state index contributed by atoms with van der Waals surface area (Å²) in [6, 6.07) is 12.6. The van der Waals surface area contributed by atoms with Crippen molar-refractivity contribution in [2.75, 3.05) is 20.3 Å². The highest BCUT2D eigenvalue weighted by molar-refractivity contribution is 5.88. The van der Waals surface area contributed by atoms with Crippen LogP contribution in [0.15, 0.2) is 48.5 Å². The van der Waals surface area contributed by atoms with E-state index in [0.29, 0.717) is 18.7 Å². The second kappa shape index (κ2) is 12.6. The molecule has 2 aromatic rings. The van der Waals surface area contributed by atoms with Gasteiger partial charge in [-0.05, 0) is 42.7 Å². The first kappa shape index (κ1) is 24.2. The molecule has 2 rings (SSSR count). The number of benzene rings is 2. The first-order valence-electron chi connectivity index (χ1n) is 10.6. The minimum atomic E-state index is -0.667. The van der Waals surface area contributed by atoms with Crippen molar-refractivity contribution in [2.45, 2.75) is 45.7 Å². The molecule has 2 aromatic carbocycles. The SMILES string of the molecule is CCCCNC(=O)C(CC)N(Cc1cccc(OC)c1)C(=O)COc1ccccc1F. The molecule has 1 N–H and O–H groups in total. The predicted octanol–water partition coefficient (Wildman–Crippen LogP) is 3.94. The fraction of sp³-hybridized carbons (Fsp3) is 0.417. The third-order valence-electron chi connectivity index (χ3n) is 4.89. The van der Waals surface area contributed by atoms with Crippen molar-refractivity contribution < 1.29 is 23.5 Å². The normalized spacial score (nSPS) is 11.5. The van der Waals surface area contributed by atoms with Gasteiger partial charge in [0.25, 0.3) is 5.91 Å². The third kappa shape index (κ3) is 7.27. The zero-order valence-electron chi connectivity index (χ0n) is 18.4. The number of halogens is 1. The zero-order chi connectivity index (χ0) is 22.6. The van der Waals surface area contributed by atoms with Crippen LogP contribution in [0.2, 0.25) is 0 Å². The van der Waals surface area contributed by atoms with Crippen molar-refractivity contribution in [1.82, 2.24) is 10.2 Å².